The molecule has 0 aliphatic carbocycles. The molecule has 0 spiro atoms. The zero-order valence-corrected chi connectivity index (χ0v) is 15.8. The fourth-order valence-electron chi connectivity index (χ4n) is 4.03. The molecular weight excluding hydrogens is 332 g/mol. The number of nitrogens with zero attached hydrogens (tertiary/aromatic N) is 2. The third-order valence-electron chi connectivity index (χ3n) is 5.75. The largest absolute Gasteiger partial charge is 0.396 e. The summed E-state index contributed by atoms with van der Waals surface area (Å²) in [6, 6.07) is 9.94. The van der Waals surface area contributed by atoms with Crippen LogP contribution in [0.15, 0.2) is 30.3 Å². The van der Waals surface area contributed by atoms with Crippen LogP contribution in [0.4, 0.5) is 0 Å². The summed E-state index contributed by atoms with van der Waals surface area (Å²) >= 11 is 0. The average molecular weight is 360 g/mol. The number of aliphatic hydroxyl groups is 1. The predicted molar refractivity (Wildman–Crippen MR) is 97.3 cm³/mol. The highest BCUT2D eigenvalue weighted by molar-refractivity contribution is 5.80. The van der Waals surface area contributed by atoms with Crippen LogP contribution >= 0.6 is 0 Å². The van der Waals surface area contributed by atoms with Gasteiger partial charge < -0.3 is 19.6 Å². The Balaban J connectivity index is 1.86. The summed E-state index contributed by atoms with van der Waals surface area (Å²) in [4.78, 5) is 28.7. The average Bonchev–Trinajstić information content (AvgIpc) is 2.65. The third kappa shape index (κ3) is 3.23. The molecule has 2 aliphatic rings. The lowest BCUT2D eigenvalue weighted by Crippen LogP contribution is -2.67. The van der Waals surface area contributed by atoms with Crippen LogP contribution in [0.2, 0.25) is 0 Å². The molecular formula is C20H28N2O4. The molecule has 142 valence electrons. The minimum absolute atomic E-state index is 0.0221. The van der Waals surface area contributed by atoms with Crippen LogP contribution in [0.5, 0.6) is 0 Å². The Morgan fingerprint density at radius 1 is 1.35 bits per heavy atom. The van der Waals surface area contributed by atoms with Crippen LogP contribution in [0, 0.1) is 5.41 Å². The van der Waals surface area contributed by atoms with Gasteiger partial charge in [0, 0.05) is 33.2 Å². The molecule has 2 saturated heterocycles. The Labute approximate surface area is 154 Å². The molecule has 0 aromatic heterocycles. The van der Waals surface area contributed by atoms with Gasteiger partial charge in [0.2, 0.25) is 11.8 Å². The molecule has 1 aromatic carbocycles. The second-order valence-electron chi connectivity index (χ2n) is 8.13. The van der Waals surface area contributed by atoms with Crippen molar-refractivity contribution in [1.29, 1.82) is 0 Å². The molecule has 1 N–H and O–H groups in total. The Morgan fingerprint density at radius 3 is 2.69 bits per heavy atom. The van der Waals surface area contributed by atoms with Crippen molar-refractivity contribution < 1.29 is 19.4 Å². The highest BCUT2D eigenvalue weighted by Crippen LogP contribution is 2.42. The number of hydrogen-bond acceptors (Lipinski definition) is 4. The second kappa shape index (κ2) is 7.00. The van der Waals surface area contributed by atoms with Gasteiger partial charge >= 0.3 is 0 Å². The topological polar surface area (TPSA) is 70.1 Å². The first-order valence-corrected chi connectivity index (χ1v) is 9.12. The molecule has 6 heteroatoms. The summed E-state index contributed by atoms with van der Waals surface area (Å²) in [5, 5.41) is 9.44. The molecule has 0 saturated carbocycles. The first kappa shape index (κ1) is 18.9. The highest BCUT2D eigenvalue weighted by atomic mass is 16.5. The molecule has 0 bridgehead atoms. The van der Waals surface area contributed by atoms with Crippen molar-refractivity contribution in [2.45, 2.75) is 38.3 Å². The number of fused-ring (bicyclic) bond motifs is 1. The van der Waals surface area contributed by atoms with Gasteiger partial charge in [0.05, 0.1) is 5.54 Å². The quantitative estimate of drug-likeness (QED) is 0.881. The van der Waals surface area contributed by atoms with Gasteiger partial charge in [-0.2, -0.15) is 0 Å². The lowest BCUT2D eigenvalue weighted by atomic mass is 9.76. The first-order valence-electron chi connectivity index (χ1n) is 9.12. The molecule has 6 nitrogen and oxygen atoms in total. The van der Waals surface area contributed by atoms with Crippen molar-refractivity contribution in [2.24, 2.45) is 5.41 Å². The second-order valence-corrected chi connectivity index (χ2v) is 8.13. The number of likely N-dealkylation sites (tertiary alicyclic amines) is 1. The fourth-order valence-corrected chi connectivity index (χ4v) is 4.03. The van der Waals surface area contributed by atoms with Crippen LogP contribution in [0.1, 0.15) is 32.3 Å². The number of amides is 2. The summed E-state index contributed by atoms with van der Waals surface area (Å²) in [6.45, 7) is 4.79. The van der Waals surface area contributed by atoms with Crippen molar-refractivity contribution in [2.75, 3.05) is 33.4 Å². The number of ether oxygens (including phenoxy) is 1. The minimum atomic E-state index is -0.542. The fraction of sp³-hybridized carbons (Fsp3) is 0.600. The smallest absolute Gasteiger partial charge is 0.249 e. The monoisotopic (exact) mass is 360 g/mol. The zero-order chi connectivity index (χ0) is 18.9. The van der Waals surface area contributed by atoms with E-state index in [-0.39, 0.29) is 31.1 Å². The van der Waals surface area contributed by atoms with Gasteiger partial charge in [-0.05, 0) is 17.4 Å². The van der Waals surface area contributed by atoms with E-state index in [4.69, 9.17) is 4.74 Å². The van der Waals surface area contributed by atoms with Gasteiger partial charge in [-0.1, -0.05) is 44.2 Å². The van der Waals surface area contributed by atoms with Crippen LogP contribution in [0.3, 0.4) is 0 Å². The van der Waals surface area contributed by atoms with Crippen molar-refractivity contribution >= 4 is 11.8 Å². The Hall–Kier alpha value is -1.92. The van der Waals surface area contributed by atoms with Crippen molar-refractivity contribution in [1.82, 2.24) is 9.80 Å². The number of carbonyl (C=O) groups excluding carboxylic acids is 2. The van der Waals surface area contributed by atoms with Crippen LogP contribution in [-0.2, 0) is 19.9 Å². The SMILES string of the molecule is CN1C(=O)CO[C@@H]2CN(C(=O)CC(C)(C)CO)CC[C@]21c1ccccc1. The van der Waals surface area contributed by atoms with E-state index in [1.807, 2.05) is 56.1 Å². The van der Waals surface area contributed by atoms with Gasteiger partial charge in [-0.15, -0.1) is 0 Å². The molecule has 1 aromatic rings. The summed E-state index contributed by atoms with van der Waals surface area (Å²) in [5.74, 6) is -0.0137. The molecule has 0 unspecified atom stereocenters. The molecule has 2 heterocycles. The molecule has 2 amide bonds. The zero-order valence-electron chi connectivity index (χ0n) is 15.8. The third-order valence-corrected chi connectivity index (χ3v) is 5.75. The molecule has 2 aliphatic heterocycles. The van der Waals surface area contributed by atoms with E-state index in [0.717, 1.165) is 5.56 Å². The summed E-state index contributed by atoms with van der Waals surface area (Å²) in [7, 11) is 1.83. The van der Waals surface area contributed by atoms with Gasteiger partial charge in [0.15, 0.2) is 0 Å². The maximum atomic E-state index is 12.7. The van der Waals surface area contributed by atoms with Crippen molar-refractivity contribution in [3.63, 3.8) is 0 Å². The summed E-state index contributed by atoms with van der Waals surface area (Å²) in [5.41, 5.74) is 0.0637. The number of morpholine rings is 1. The molecule has 2 fully saturated rings. The van der Waals surface area contributed by atoms with E-state index in [1.165, 1.54) is 0 Å². The number of aliphatic hydroxyl groups excluding tert-OH is 1. The van der Waals surface area contributed by atoms with Gasteiger partial charge in [-0.25, -0.2) is 0 Å². The van der Waals surface area contributed by atoms with Gasteiger partial charge in [0.25, 0.3) is 0 Å². The lowest BCUT2D eigenvalue weighted by molar-refractivity contribution is -0.184. The van der Waals surface area contributed by atoms with Crippen molar-refractivity contribution in [3.05, 3.63) is 35.9 Å². The van der Waals surface area contributed by atoms with Crippen molar-refractivity contribution in [3.8, 4) is 0 Å². The number of carbonyl (C=O) groups is 2. The van der Waals surface area contributed by atoms with Gasteiger partial charge in [-0.3, -0.25) is 9.59 Å². The summed E-state index contributed by atoms with van der Waals surface area (Å²) in [6.07, 6.45) is 0.668. The van der Waals surface area contributed by atoms with Gasteiger partial charge in [0.1, 0.15) is 12.7 Å². The Kier molecular flexibility index (Phi) is 5.08. The standard InChI is InChI=1S/C20H28N2O4/c1-19(2,14-23)11-17(24)22-10-9-20(15-7-5-4-6-8-15)16(12-22)26-13-18(25)21(20)3/h4-8,16,23H,9-14H2,1-3H3/t16-,20+/m1/s1. The lowest BCUT2D eigenvalue weighted by Gasteiger charge is -2.55. The highest BCUT2D eigenvalue weighted by Gasteiger charge is 2.53. The maximum Gasteiger partial charge on any atom is 0.249 e. The van der Waals surface area contributed by atoms with Crippen LogP contribution in [-0.4, -0.2) is 66.2 Å². The van der Waals surface area contributed by atoms with Crippen LogP contribution in [0.25, 0.3) is 0 Å². The molecule has 26 heavy (non-hydrogen) atoms. The van der Waals surface area contributed by atoms with E-state index in [2.05, 4.69) is 0 Å². The van der Waals surface area contributed by atoms with E-state index in [0.29, 0.717) is 25.9 Å². The number of likely N-dealkylation sites (N-methyl/N-ethyl adjacent to an activating group) is 1. The predicted octanol–water partition coefficient (Wildman–Crippen LogP) is 1.38. The van der Waals surface area contributed by atoms with E-state index in [1.54, 1.807) is 4.90 Å². The number of benzene rings is 1. The normalized spacial score (nSPS) is 26.6. The molecule has 2 atom stereocenters. The van der Waals surface area contributed by atoms with E-state index < -0.39 is 11.0 Å². The number of hydrogen-bond donors (Lipinski definition) is 1. The molecule has 3 rings (SSSR count). The maximum absolute atomic E-state index is 12.7. The van der Waals surface area contributed by atoms with Crippen LogP contribution < -0.4 is 0 Å². The Bertz CT molecular complexity index is 676. The molecule has 0 radical (unpaired) electrons. The summed E-state index contributed by atoms with van der Waals surface area (Å²) < 4.78 is 5.92. The Morgan fingerprint density at radius 2 is 2.04 bits per heavy atom. The van der Waals surface area contributed by atoms with E-state index >= 15 is 0 Å². The minimum Gasteiger partial charge on any atom is -0.396 e. The number of piperidine rings is 1. The number of rotatable bonds is 4. The first-order chi connectivity index (χ1) is 12.3. The van der Waals surface area contributed by atoms with E-state index in [9.17, 15) is 14.7 Å².